The van der Waals surface area contributed by atoms with Gasteiger partial charge in [0.15, 0.2) is 5.82 Å². The van der Waals surface area contributed by atoms with Gasteiger partial charge >= 0.3 is 0 Å². The summed E-state index contributed by atoms with van der Waals surface area (Å²) in [6, 6.07) is 4.46. The van der Waals surface area contributed by atoms with Gasteiger partial charge in [0.05, 0.1) is 10.9 Å². The van der Waals surface area contributed by atoms with Gasteiger partial charge in [-0.25, -0.2) is 12.8 Å². The Morgan fingerprint density at radius 1 is 1.11 bits per heavy atom. The number of aromatic nitrogens is 3. The van der Waals surface area contributed by atoms with Gasteiger partial charge in [0.25, 0.3) is 0 Å². The molecule has 0 saturated carbocycles. The molecular weight excluding hydrogens is 385 g/mol. The quantitative estimate of drug-likeness (QED) is 0.766. The third kappa shape index (κ3) is 3.30. The lowest BCUT2D eigenvalue weighted by atomic mass is 10.2. The van der Waals surface area contributed by atoms with Crippen molar-refractivity contribution >= 4 is 15.9 Å². The largest absolute Gasteiger partial charge is 0.341 e. The van der Waals surface area contributed by atoms with E-state index in [4.69, 9.17) is 0 Å². The maximum atomic E-state index is 13.2. The van der Waals surface area contributed by atoms with E-state index in [1.807, 2.05) is 4.57 Å². The summed E-state index contributed by atoms with van der Waals surface area (Å²) in [5, 5.41) is 8.57. The second-order valence-electron chi connectivity index (χ2n) is 7.11. The Morgan fingerprint density at radius 2 is 1.86 bits per heavy atom. The topological polar surface area (TPSA) is 88.4 Å². The molecule has 0 bridgehead atoms. The molecule has 28 heavy (non-hydrogen) atoms. The zero-order valence-electron chi connectivity index (χ0n) is 15.6. The van der Waals surface area contributed by atoms with Gasteiger partial charge in [-0.2, -0.15) is 4.31 Å². The van der Waals surface area contributed by atoms with Crippen LogP contribution >= 0.6 is 0 Å². The summed E-state index contributed by atoms with van der Waals surface area (Å²) in [6.45, 7) is 3.59. The fraction of sp³-hybridized carbons (Fsp3) is 0.500. The first-order valence-electron chi connectivity index (χ1n) is 9.33. The van der Waals surface area contributed by atoms with Crippen LogP contribution in [0.15, 0.2) is 29.2 Å². The predicted octanol–water partition coefficient (Wildman–Crippen LogP) is 1.35. The molecule has 1 atom stereocenters. The lowest BCUT2D eigenvalue weighted by Crippen LogP contribution is -2.33. The van der Waals surface area contributed by atoms with Crippen molar-refractivity contribution in [3.8, 4) is 0 Å². The van der Waals surface area contributed by atoms with E-state index < -0.39 is 21.9 Å². The van der Waals surface area contributed by atoms with Crippen molar-refractivity contribution in [1.82, 2.24) is 24.0 Å². The van der Waals surface area contributed by atoms with Crippen molar-refractivity contribution in [2.45, 2.75) is 43.7 Å². The van der Waals surface area contributed by atoms with E-state index in [0.29, 0.717) is 51.3 Å². The fourth-order valence-electron chi connectivity index (χ4n) is 3.93. The SMILES string of the molecule is CC(=O)N1CCc2nnc([C@@H]3CCCN3S(=O)(=O)c3ccc(F)cc3)n2CC1. The van der Waals surface area contributed by atoms with Crippen LogP contribution in [0, 0.1) is 5.82 Å². The van der Waals surface area contributed by atoms with Gasteiger partial charge in [0.1, 0.15) is 11.6 Å². The van der Waals surface area contributed by atoms with Crippen LogP contribution in [0.25, 0.3) is 0 Å². The van der Waals surface area contributed by atoms with E-state index in [9.17, 15) is 17.6 Å². The number of amides is 1. The average Bonchev–Trinajstić information content (AvgIpc) is 3.24. The lowest BCUT2D eigenvalue weighted by molar-refractivity contribution is -0.128. The second-order valence-corrected chi connectivity index (χ2v) is 9.00. The first-order chi connectivity index (χ1) is 13.4. The minimum Gasteiger partial charge on any atom is -0.341 e. The summed E-state index contributed by atoms with van der Waals surface area (Å²) < 4.78 is 42.8. The first-order valence-corrected chi connectivity index (χ1v) is 10.8. The molecule has 2 aromatic rings. The molecule has 1 aromatic carbocycles. The van der Waals surface area contributed by atoms with E-state index in [1.54, 1.807) is 11.8 Å². The molecule has 2 aliphatic rings. The fourth-order valence-corrected chi connectivity index (χ4v) is 5.59. The number of rotatable bonds is 3. The number of nitrogens with zero attached hydrogens (tertiary/aromatic N) is 5. The second kappa shape index (κ2) is 7.25. The molecule has 1 saturated heterocycles. The van der Waals surface area contributed by atoms with Crippen LogP contribution in [0.4, 0.5) is 4.39 Å². The van der Waals surface area contributed by atoms with E-state index >= 15 is 0 Å². The number of carbonyl (C=O) groups excluding carboxylic acids is 1. The number of carbonyl (C=O) groups is 1. The molecule has 2 aliphatic heterocycles. The van der Waals surface area contributed by atoms with Gasteiger partial charge < -0.3 is 9.47 Å². The summed E-state index contributed by atoms with van der Waals surface area (Å²) in [6.07, 6.45) is 1.95. The summed E-state index contributed by atoms with van der Waals surface area (Å²) in [5.74, 6) is 0.921. The highest BCUT2D eigenvalue weighted by atomic mass is 32.2. The van der Waals surface area contributed by atoms with Crippen molar-refractivity contribution in [1.29, 1.82) is 0 Å². The molecule has 0 N–H and O–H groups in total. The number of fused-ring (bicyclic) bond motifs is 1. The van der Waals surface area contributed by atoms with E-state index in [1.165, 1.54) is 16.4 Å². The maximum absolute atomic E-state index is 13.2. The Morgan fingerprint density at radius 3 is 2.57 bits per heavy atom. The molecule has 1 fully saturated rings. The molecule has 150 valence electrons. The molecule has 8 nitrogen and oxygen atoms in total. The van der Waals surface area contributed by atoms with Gasteiger partial charge in [0, 0.05) is 39.5 Å². The molecule has 0 unspecified atom stereocenters. The van der Waals surface area contributed by atoms with Crippen LogP contribution in [0.3, 0.4) is 0 Å². The number of hydrogen-bond acceptors (Lipinski definition) is 5. The van der Waals surface area contributed by atoms with E-state index in [-0.39, 0.29) is 10.8 Å². The molecule has 0 spiro atoms. The van der Waals surface area contributed by atoms with Crippen molar-refractivity contribution in [2.24, 2.45) is 0 Å². The van der Waals surface area contributed by atoms with Crippen LogP contribution in [-0.2, 0) is 27.8 Å². The van der Waals surface area contributed by atoms with Crippen LogP contribution < -0.4 is 0 Å². The summed E-state index contributed by atoms with van der Waals surface area (Å²) in [4.78, 5) is 13.5. The Labute approximate surface area is 163 Å². The third-order valence-corrected chi connectivity index (χ3v) is 7.34. The van der Waals surface area contributed by atoms with Gasteiger partial charge in [-0.05, 0) is 37.1 Å². The minimum atomic E-state index is -3.77. The molecule has 0 radical (unpaired) electrons. The summed E-state index contributed by atoms with van der Waals surface area (Å²) in [7, 11) is -3.77. The highest BCUT2D eigenvalue weighted by Crippen LogP contribution is 2.36. The van der Waals surface area contributed by atoms with Gasteiger partial charge in [0.2, 0.25) is 15.9 Å². The number of hydrogen-bond donors (Lipinski definition) is 0. The number of benzene rings is 1. The number of halogens is 1. The first kappa shape index (κ1) is 19.0. The average molecular weight is 407 g/mol. The normalized spacial score (nSPS) is 20.8. The molecule has 0 aliphatic carbocycles. The van der Waals surface area contributed by atoms with Gasteiger partial charge in [-0.15, -0.1) is 10.2 Å². The van der Waals surface area contributed by atoms with Crippen LogP contribution in [0.1, 0.15) is 37.5 Å². The van der Waals surface area contributed by atoms with Crippen molar-refractivity contribution in [2.75, 3.05) is 19.6 Å². The maximum Gasteiger partial charge on any atom is 0.243 e. The zero-order valence-corrected chi connectivity index (χ0v) is 16.4. The predicted molar refractivity (Wildman–Crippen MR) is 98.2 cm³/mol. The van der Waals surface area contributed by atoms with Crippen LogP contribution in [0.5, 0.6) is 0 Å². The standard InChI is InChI=1S/C18H22FN5O3S/c1-13(25)22-10-8-17-20-21-18(23(17)12-11-22)16-3-2-9-24(16)28(26,27)15-6-4-14(19)5-7-15/h4-7,16H,2-3,8-12H2,1H3/t16-/m0/s1. The van der Waals surface area contributed by atoms with E-state index in [2.05, 4.69) is 10.2 Å². The Balaban J connectivity index is 1.64. The highest BCUT2D eigenvalue weighted by Gasteiger charge is 2.39. The molecule has 10 heteroatoms. The Hall–Kier alpha value is -2.33. The Bertz CT molecular complexity index is 989. The molecule has 4 rings (SSSR count). The number of sulfonamides is 1. The van der Waals surface area contributed by atoms with E-state index in [0.717, 1.165) is 18.0 Å². The molecule has 3 heterocycles. The highest BCUT2D eigenvalue weighted by molar-refractivity contribution is 7.89. The zero-order chi connectivity index (χ0) is 19.9. The molecule has 1 aromatic heterocycles. The van der Waals surface area contributed by atoms with Crippen LogP contribution in [-0.4, -0.2) is 57.9 Å². The van der Waals surface area contributed by atoms with Gasteiger partial charge in [-0.1, -0.05) is 0 Å². The minimum absolute atomic E-state index is 0.0154. The summed E-state index contributed by atoms with van der Waals surface area (Å²) >= 11 is 0. The van der Waals surface area contributed by atoms with Crippen LogP contribution in [0.2, 0.25) is 0 Å². The van der Waals surface area contributed by atoms with Crippen molar-refractivity contribution in [3.63, 3.8) is 0 Å². The molecular formula is C18H22FN5O3S. The van der Waals surface area contributed by atoms with Crippen molar-refractivity contribution in [3.05, 3.63) is 41.7 Å². The molecule has 1 amide bonds. The lowest BCUT2D eigenvalue weighted by Gasteiger charge is -2.24. The Kier molecular flexibility index (Phi) is 4.92. The smallest absolute Gasteiger partial charge is 0.243 e. The summed E-state index contributed by atoms with van der Waals surface area (Å²) in [5.41, 5.74) is 0. The monoisotopic (exact) mass is 407 g/mol. The van der Waals surface area contributed by atoms with Crippen molar-refractivity contribution < 1.29 is 17.6 Å². The van der Waals surface area contributed by atoms with Gasteiger partial charge in [-0.3, -0.25) is 4.79 Å². The third-order valence-electron chi connectivity index (χ3n) is 5.42.